The Morgan fingerprint density at radius 2 is 2.23 bits per heavy atom. The fraction of sp³-hybridized carbons (Fsp3) is 0.812. The van der Waals surface area contributed by atoms with Gasteiger partial charge in [-0.25, -0.2) is 0 Å². The highest BCUT2D eigenvalue weighted by Gasteiger charge is 2.31. The van der Waals surface area contributed by atoms with Crippen molar-refractivity contribution in [1.82, 2.24) is 20.4 Å². The lowest BCUT2D eigenvalue weighted by molar-refractivity contribution is -0.133. The van der Waals surface area contributed by atoms with Crippen LogP contribution in [0, 0.1) is 5.92 Å². The van der Waals surface area contributed by atoms with Crippen molar-refractivity contribution in [2.24, 2.45) is 5.92 Å². The van der Waals surface area contributed by atoms with Gasteiger partial charge >= 0.3 is 0 Å². The highest BCUT2D eigenvalue weighted by atomic mass is 16.5. The highest BCUT2D eigenvalue weighted by Crippen LogP contribution is 2.23. The normalized spacial score (nSPS) is 23.5. The molecule has 2 heterocycles. The molecule has 3 unspecified atom stereocenters. The summed E-state index contributed by atoms with van der Waals surface area (Å²) in [5.41, 5.74) is 0. The lowest BCUT2D eigenvalue weighted by Crippen LogP contribution is -2.51. The first-order valence-corrected chi connectivity index (χ1v) is 8.45. The Hall–Kier alpha value is -1.43. The van der Waals surface area contributed by atoms with Crippen molar-refractivity contribution in [3.63, 3.8) is 0 Å². The Bertz CT molecular complexity index is 488. The Morgan fingerprint density at radius 3 is 2.82 bits per heavy atom. The zero-order valence-corrected chi connectivity index (χ0v) is 14.1. The van der Waals surface area contributed by atoms with E-state index in [9.17, 15) is 4.79 Å². The van der Waals surface area contributed by atoms with E-state index in [1.54, 1.807) is 0 Å². The number of nitrogens with zero attached hydrogens (tertiary/aromatic N) is 3. The van der Waals surface area contributed by atoms with E-state index in [1.807, 2.05) is 18.7 Å². The molecule has 0 saturated carbocycles. The van der Waals surface area contributed by atoms with E-state index in [0.717, 1.165) is 38.2 Å². The molecule has 1 amide bonds. The maximum atomic E-state index is 11.9. The molecule has 1 fully saturated rings. The molecule has 0 aliphatic carbocycles. The molecule has 124 valence electrons. The predicted octanol–water partition coefficient (Wildman–Crippen LogP) is 2.32. The van der Waals surface area contributed by atoms with Gasteiger partial charge in [-0.1, -0.05) is 32.3 Å². The number of amides is 1. The summed E-state index contributed by atoms with van der Waals surface area (Å²) in [4.78, 5) is 18.3. The van der Waals surface area contributed by atoms with Crippen LogP contribution in [0.5, 0.6) is 0 Å². The van der Waals surface area contributed by atoms with E-state index in [1.165, 1.54) is 0 Å². The molecule has 1 saturated heterocycles. The standard InChI is InChI=1S/C16H28N4O2/c1-5-12-10-20(15(21)7-3)9-8-13(12)17-11(4)16-18-14(6-2)19-22-16/h11-13,17H,5-10H2,1-4H3. The lowest BCUT2D eigenvalue weighted by Gasteiger charge is -2.39. The summed E-state index contributed by atoms with van der Waals surface area (Å²) >= 11 is 0. The molecule has 2 rings (SSSR count). The molecule has 0 spiro atoms. The third kappa shape index (κ3) is 3.85. The number of carbonyl (C=O) groups excluding carboxylic acids is 1. The summed E-state index contributed by atoms with van der Waals surface area (Å²) in [5, 5.41) is 7.57. The number of likely N-dealkylation sites (tertiary alicyclic amines) is 1. The van der Waals surface area contributed by atoms with E-state index in [2.05, 4.69) is 29.3 Å². The molecule has 22 heavy (non-hydrogen) atoms. The average molecular weight is 308 g/mol. The van der Waals surface area contributed by atoms with Crippen molar-refractivity contribution in [1.29, 1.82) is 0 Å². The Morgan fingerprint density at radius 1 is 1.45 bits per heavy atom. The molecular weight excluding hydrogens is 280 g/mol. The third-order valence-corrected chi connectivity index (χ3v) is 4.55. The summed E-state index contributed by atoms with van der Waals surface area (Å²) in [6.45, 7) is 9.86. The van der Waals surface area contributed by atoms with Crippen molar-refractivity contribution in [2.45, 2.75) is 65.5 Å². The van der Waals surface area contributed by atoms with Gasteiger partial charge < -0.3 is 14.7 Å². The first-order chi connectivity index (χ1) is 10.6. The Balaban J connectivity index is 1.95. The van der Waals surface area contributed by atoms with Crippen molar-refractivity contribution >= 4 is 5.91 Å². The van der Waals surface area contributed by atoms with Crippen LogP contribution in [0.1, 0.15) is 64.7 Å². The van der Waals surface area contributed by atoms with Crippen molar-refractivity contribution in [3.8, 4) is 0 Å². The highest BCUT2D eigenvalue weighted by molar-refractivity contribution is 5.75. The van der Waals surface area contributed by atoms with Crippen molar-refractivity contribution in [3.05, 3.63) is 11.7 Å². The largest absolute Gasteiger partial charge is 0.342 e. The van der Waals surface area contributed by atoms with E-state index in [-0.39, 0.29) is 11.9 Å². The minimum Gasteiger partial charge on any atom is -0.342 e. The molecule has 1 aromatic heterocycles. The maximum Gasteiger partial charge on any atom is 0.243 e. The van der Waals surface area contributed by atoms with Gasteiger partial charge in [0.2, 0.25) is 11.8 Å². The second-order valence-electron chi connectivity index (χ2n) is 6.05. The Kier molecular flexibility index (Phi) is 5.94. The maximum absolute atomic E-state index is 11.9. The van der Waals surface area contributed by atoms with Gasteiger partial charge in [0.1, 0.15) is 0 Å². The van der Waals surface area contributed by atoms with Crippen LogP contribution in [0.2, 0.25) is 0 Å². The number of hydrogen-bond donors (Lipinski definition) is 1. The first-order valence-electron chi connectivity index (χ1n) is 8.45. The number of hydrogen-bond acceptors (Lipinski definition) is 5. The monoisotopic (exact) mass is 308 g/mol. The number of aromatic nitrogens is 2. The smallest absolute Gasteiger partial charge is 0.243 e. The van der Waals surface area contributed by atoms with Gasteiger partial charge in [-0.2, -0.15) is 4.98 Å². The van der Waals surface area contributed by atoms with Gasteiger partial charge in [0.15, 0.2) is 5.82 Å². The summed E-state index contributed by atoms with van der Waals surface area (Å²) in [7, 11) is 0. The van der Waals surface area contributed by atoms with E-state index < -0.39 is 0 Å². The molecule has 1 aliphatic heterocycles. The van der Waals surface area contributed by atoms with Crippen molar-refractivity contribution < 1.29 is 9.32 Å². The van der Waals surface area contributed by atoms with Crippen LogP contribution in [0.15, 0.2) is 4.52 Å². The van der Waals surface area contributed by atoms with Crippen LogP contribution < -0.4 is 5.32 Å². The molecule has 1 aliphatic rings. The van der Waals surface area contributed by atoms with Crippen LogP contribution in [0.4, 0.5) is 0 Å². The summed E-state index contributed by atoms with van der Waals surface area (Å²) in [6.07, 6.45) is 3.41. The molecule has 1 N–H and O–H groups in total. The van der Waals surface area contributed by atoms with Gasteiger partial charge in [0.05, 0.1) is 6.04 Å². The number of carbonyl (C=O) groups is 1. The van der Waals surface area contributed by atoms with Gasteiger partial charge in [-0.05, 0) is 19.3 Å². The summed E-state index contributed by atoms with van der Waals surface area (Å²) in [5.74, 6) is 2.13. The van der Waals surface area contributed by atoms with Crippen LogP contribution in [-0.4, -0.2) is 40.1 Å². The predicted molar refractivity (Wildman–Crippen MR) is 84.3 cm³/mol. The molecule has 0 radical (unpaired) electrons. The zero-order valence-electron chi connectivity index (χ0n) is 14.1. The minimum absolute atomic E-state index is 0.0419. The van der Waals surface area contributed by atoms with E-state index in [0.29, 0.717) is 24.3 Å². The van der Waals surface area contributed by atoms with Crippen LogP contribution in [0.25, 0.3) is 0 Å². The topological polar surface area (TPSA) is 71.3 Å². The summed E-state index contributed by atoms with van der Waals surface area (Å²) < 4.78 is 5.32. The number of aryl methyl sites for hydroxylation is 1. The molecule has 6 nitrogen and oxygen atoms in total. The Labute approximate surface area is 132 Å². The number of nitrogens with one attached hydrogen (secondary N) is 1. The fourth-order valence-corrected chi connectivity index (χ4v) is 3.09. The third-order valence-electron chi connectivity index (χ3n) is 4.55. The number of rotatable bonds is 6. The minimum atomic E-state index is 0.0419. The van der Waals surface area contributed by atoms with Crippen LogP contribution in [-0.2, 0) is 11.2 Å². The van der Waals surface area contributed by atoms with Gasteiger partial charge in [-0.15, -0.1) is 0 Å². The molecular formula is C16H28N4O2. The molecule has 0 bridgehead atoms. The summed E-state index contributed by atoms with van der Waals surface area (Å²) in [6, 6.07) is 0.429. The quantitative estimate of drug-likeness (QED) is 0.873. The van der Waals surface area contributed by atoms with Crippen molar-refractivity contribution in [2.75, 3.05) is 13.1 Å². The van der Waals surface area contributed by atoms with Gasteiger partial charge in [0.25, 0.3) is 0 Å². The molecule has 0 aromatic carbocycles. The number of piperidine rings is 1. The SMILES string of the molecule is CCC(=O)N1CCC(NC(C)c2nc(CC)no2)C(CC)C1. The van der Waals surface area contributed by atoms with E-state index >= 15 is 0 Å². The van der Waals surface area contributed by atoms with Crippen LogP contribution in [0.3, 0.4) is 0 Å². The molecule has 1 aromatic rings. The average Bonchev–Trinajstić information content (AvgIpc) is 3.03. The van der Waals surface area contributed by atoms with E-state index in [4.69, 9.17) is 4.52 Å². The van der Waals surface area contributed by atoms with Crippen LogP contribution >= 0.6 is 0 Å². The second-order valence-corrected chi connectivity index (χ2v) is 6.05. The van der Waals surface area contributed by atoms with Gasteiger partial charge in [0, 0.05) is 32.0 Å². The zero-order chi connectivity index (χ0) is 16.1. The van der Waals surface area contributed by atoms with Gasteiger partial charge in [-0.3, -0.25) is 4.79 Å². The second kappa shape index (κ2) is 7.72. The first kappa shape index (κ1) is 16.9. The fourth-order valence-electron chi connectivity index (χ4n) is 3.09. The molecule has 3 atom stereocenters. The molecule has 6 heteroatoms. The lowest BCUT2D eigenvalue weighted by atomic mass is 9.89.